The molecule has 0 bridgehead atoms. The van der Waals surface area contributed by atoms with Crippen molar-refractivity contribution in [2.45, 2.75) is 6.92 Å². The smallest absolute Gasteiger partial charge is 0.267 e. The Morgan fingerprint density at radius 2 is 1.90 bits per heavy atom. The van der Waals surface area contributed by atoms with Crippen molar-refractivity contribution in [1.29, 1.82) is 0 Å². The highest BCUT2D eigenvalue weighted by Crippen LogP contribution is 2.33. The van der Waals surface area contributed by atoms with Crippen LogP contribution >= 0.6 is 22.9 Å². The fourth-order valence-electron chi connectivity index (χ4n) is 2.17. The number of nitrogens with zero attached hydrogens (tertiary/aromatic N) is 1. The Morgan fingerprint density at radius 1 is 1.15 bits per heavy atom. The highest BCUT2D eigenvalue weighted by atomic mass is 35.5. The second-order valence-corrected chi connectivity index (χ2v) is 5.76. The lowest BCUT2D eigenvalue weighted by molar-refractivity contribution is 0.953. The van der Waals surface area contributed by atoms with Gasteiger partial charge in [-0.25, -0.2) is 5.10 Å². The van der Waals surface area contributed by atoms with Crippen LogP contribution in [-0.2, 0) is 0 Å². The lowest BCUT2D eigenvalue weighted by Crippen LogP contribution is -2.13. The van der Waals surface area contributed by atoms with E-state index in [4.69, 9.17) is 11.6 Å². The predicted molar refractivity (Wildman–Crippen MR) is 83.4 cm³/mol. The first-order chi connectivity index (χ1) is 9.66. The summed E-state index contributed by atoms with van der Waals surface area (Å²) in [6.07, 6.45) is 0. The van der Waals surface area contributed by atoms with Crippen molar-refractivity contribution >= 4 is 22.9 Å². The summed E-state index contributed by atoms with van der Waals surface area (Å²) in [5, 5.41) is 9.26. The van der Waals surface area contributed by atoms with Gasteiger partial charge in [-0.05, 0) is 36.1 Å². The first-order valence-corrected chi connectivity index (χ1v) is 7.31. The van der Waals surface area contributed by atoms with E-state index >= 15 is 0 Å². The van der Waals surface area contributed by atoms with Crippen LogP contribution in [0.5, 0.6) is 0 Å². The van der Waals surface area contributed by atoms with E-state index in [9.17, 15) is 4.79 Å². The van der Waals surface area contributed by atoms with Gasteiger partial charge in [0.15, 0.2) is 0 Å². The standard InChI is InChI=1S/C15H11ClN2OS/c1-9-13(10-4-6-11(16)7-5-10)14(15(19)18-17-9)12-3-2-8-20-12/h2-8H,1H3,(H,18,19). The number of hydrogen-bond donors (Lipinski definition) is 1. The number of H-pyrrole nitrogens is 1. The molecule has 3 rings (SSSR count). The number of halogens is 1. The SMILES string of the molecule is Cc1n[nH]c(=O)c(-c2cccs2)c1-c1ccc(Cl)cc1. The second kappa shape index (κ2) is 5.23. The summed E-state index contributed by atoms with van der Waals surface area (Å²) < 4.78 is 0. The molecule has 0 fully saturated rings. The molecule has 0 aliphatic carbocycles. The molecule has 0 unspecified atom stereocenters. The van der Waals surface area contributed by atoms with Crippen LogP contribution in [0.3, 0.4) is 0 Å². The van der Waals surface area contributed by atoms with Crippen LogP contribution in [-0.4, -0.2) is 10.2 Å². The molecule has 3 nitrogen and oxygen atoms in total. The molecule has 0 atom stereocenters. The van der Waals surface area contributed by atoms with Gasteiger partial charge in [-0.15, -0.1) is 11.3 Å². The summed E-state index contributed by atoms with van der Waals surface area (Å²) in [7, 11) is 0. The molecule has 0 radical (unpaired) electrons. The quantitative estimate of drug-likeness (QED) is 0.773. The molecule has 20 heavy (non-hydrogen) atoms. The molecule has 100 valence electrons. The van der Waals surface area contributed by atoms with Gasteiger partial charge in [0.2, 0.25) is 0 Å². The van der Waals surface area contributed by atoms with E-state index in [0.29, 0.717) is 10.6 Å². The van der Waals surface area contributed by atoms with E-state index in [1.165, 1.54) is 11.3 Å². The Bertz CT molecular complexity index is 792. The fourth-order valence-corrected chi connectivity index (χ4v) is 3.07. The normalized spacial score (nSPS) is 10.7. The zero-order valence-electron chi connectivity index (χ0n) is 10.7. The maximum atomic E-state index is 12.2. The van der Waals surface area contributed by atoms with Gasteiger partial charge in [-0.2, -0.15) is 5.10 Å². The molecule has 0 aliphatic heterocycles. The Morgan fingerprint density at radius 3 is 2.55 bits per heavy atom. The number of rotatable bonds is 2. The van der Waals surface area contributed by atoms with Crippen molar-refractivity contribution in [1.82, 2.24) is 10.2 Å². The van der Waals surface area contributed by atoms with Crippen molar-refractivity contribution in [3.8, 4) is 21.6 Å². The van der Waals surface area contributed by atoms with Gasteiger partial charge in [0, 0.05) is 15.5 Å². The van der Waals surface area contributed by atoms with E-state index in [1.807, 2.05) is 48.7 Å². The van der Waals surface area contributed by atoms with Crippen LogP contribution in [0.1, 0.15) is 5.69 Å². The Labute approximate surface area is 124 Å². The fraction of sp³-hybridized carbons (Fsp3) is 0.0667. The number of benzene rings is 1. The molecular formula is C15H11ClN2OS. The number of aryl methyl sites for hydroxylation is 1. The molecule has 1 N–H and O–H groups in total. The number of hydrogen-bond acceptors (Lipinski definition) is 3. The van der Waals surface area contributed by atoms with E-state index in [0.717, 1.165) is 21.7 Å². The van der Waals surface area contributed by atoms with Gasteiger partial charge in [-0.3, -0.25) is 4.79 Å². The zero-order valence-corrected chi connectivity index (χ0v) is 12.3. The third-order valence-electron chi connectivity index (χ3n) is 3.06. The summed E-state index contributed by atoms with van der Waals surface area (Å²) in [5.74, 6) is 0. The molecule has 5 heteroatoms. The largest absolute Gasteiger partial charge is 0.273 e. The third-order valence-corrected chi connectivity index (χ3v) is 4.20. The van der Waals surface area contributed by atoms with Gasteiger partial charge >= 0.3 is 0 Å². The predicted octanol–water partition coefficient (Wildman–Crippen LogP) is 4.13. The van der Waals surface area contributed by atoms with Crippen molar-refractivity contribution in [3.05, 3.63) is 62.8 Å². The molecular weight excluding hydrogens is 292 g/mol. The summed E-state index contributed by atoms with van der Waals surface area (Å²) in [4.78, 5) is 13.1. The number of thiophene rings is 1. The molecule has 2 aromatic heterocycles. The van der Waals surface area contributed by atoms with E-state index in [1.54, 1.807) is 0 Å². The van der Waals surface area contributed by atoms with Crippen LogP contribution in [0.4, 0.5) is 0 Å². The minimum atomic E-state index is -0.178. The highest BCUT2D eigenvalue weighted by Gasteiger charge is 2.16. The van der Waals surface area contributed by atoms with E-state index in [2.05, 4.69) is 10.2 Å². The zero-order chi connectivity index (χ0) is 14.1. The van der Waals surface area contributed by atoms with Crippen LogP contribution in [0, 0.1) is 6.92 Å². The molecule has 0 saturated carbocycles. The molecule has 1 aromatic carbocycles. The van der Waals surface area contributed by atoms with Crippen LogP contribution in [0.2, 0.25) is 5.02 Å². The minimum absolute atomic E-state index is 0.178. The van der Waals surface area contributed by atoms with E-state index < -0.39 is 0 Å². The second-order valence-electron chi connectivity index (χ2n) is 4.37. The average molecular weight is 303 g/mol. The monoisotopic (exact) mass is 302 g/mol. The summed E-state index contributed by atoms with van der Waals surface area (Å²) in [6, 6.07) is 11.3. The van der Waals surface area contributed by atoms with Crippen molar-refractivity contribution in [3.63, 3.8) is 0 Å². The highest BCUT2D eigenvalue weighted by molar-refractivity contribution is 7.13. The summed E-state index contributed by atoms with van der Waals surface area (Å²) in [6.45, 7) is 1.89. The van der Waals surface area contributed by atoms with Gasteiger partial charge < -0.3 is 0 Å². The van der Waals surface area contributed by atoms with Crippen LogP contribution < -0.4 is 5.56 Å². The molecule has 0 saturated heterocycles. The summed E-state index contributed by atoms with van der Waals surface area (Å²) in [5.41, 5.74) is 3.06. The number of nitrogens with one attached hydrogen (secondary N) is 1. The lowest BCUT2D eigenvalue weighted by Gasteiger charge is -2.10. The molecule has 2 heterocycles. The van der Waals surface area contributed by atoms with Crippen molar-refractivity contribution in [2.24, 2.45) is 0 Å². The van der Waals surface area contributed by atoms with Crippen LogP contribution in [0.15, 0.2) is 46.6 Å². The number of aromatic nitrogens is 2. The first-order valence-electron chi connectivity index (χ1n) is 6.06. The van der Waals surface area contributed by atoms with Gasteiger partial charge in [0.25, 0.3) is 5.56 Å². The minimum Gasteiger partial charge on any atom is -0.267 e. The maximum Gasteiger partial charge on any atom is 0.273 e. The third kappa shape index (κ3) is 2.28. The Balaban J connectivity index is 2.32. The van der Waals surface area contributed by atoms with Crippen molar-refractivity contribution in [2.75, 3.05) is 0 Å². The van der Waals surface area contributed by atoms with Gasteiger partial charge in [0.1, 0.15) is 0 Å². The van der Waals surface area contributed by atoms with Gasteiger partial charge in [0.05, 0.1) is 11.3 Å². The van der Waals surface area contributed by atoms with Crippen LogP contribution in [0.25, 0.3) is 21.6 Å². The average Bonchev–Trinajstić information content (AvgIpc) is 2.96. The molecule has 0 aliphatic rings. The van der Waals surface area contributed by atoms with E-state index in [-0.39, 0.29) is 5.56 Å². The van der Waals surface area contributed by atoms with Crippen molar-refractivity contribution < 1.29 is 0 Å². The molecule has 0 amide bonds. The number of aromatic amines is 1. The maximum absolute atomic E-state index is 12.2. The topological polar surface area (TPSA) is 45.8 Å². The lowest BCUT2D eigenvalue weighted by atomic mass is 9.99. The molecule has 3 aromatic rings. The Kier molecular flexibility index (Phi) is 3.42. The summed E-state index contributed by atoms with van der Waals surface area (Å²) >= 11 is 7.47. The van der Waals surface area contributed by atoms with Gasteiger partial charge in [-0.1, -0.05) is 29.8 Å². The molecule has 0 spiro atoms. The first kappa shape index (κ1) is 13.1. The Hall–Kier alpha value is -1.91.